The van der Waals surface area contributed by atoms with E-state index in [1.165, 1.54) is 43.4 Å². The maximum atomic E-state index is 15.4. The molecule has 0 nitrogen and oxygen atoms in total. The zero-order chi connectivity index (χ0) is 23.8. The molecule has 0 spiro atoms. The average molecular weight is 463 g/mol. The maximum absolute atomic E-state index is 15.4. The molecule has 0 amide bonds. The largest absolute Gasteiger partial charge is 0.206 e. The van der Waals surface area contributed by atoms with Gasteiger partial charge in [0.2, 0.25) is 0 Å². The maximum Gasteiger partial charge on any atom is 0.167 e. The monoisotopic (exact) mass is 462 g/mol. The zero-order valence-electron chi connectivity index (χ0n) is 20.1. The Hall–Kier alpha value is -2.55. The molecule has 3 aromatic rings. The van der Waals surface area contributed by atoms with Crippen LogP contribution in [0.1, 0.15) is 98.4 Å². The molecule has 1 fully saturated rings. The molecule has 0 aliphatic heterocycles. The van der Waals surface area contributed by atoms with Gasteiger partial charge < -0.3 is 0 Å². The summed E-state index contributed by atoms with van der Waals surface area (Å²) in [5, 5.41) is 0. The van der Waals surface area contributed by atoms with E-state index in [1.807, 2.05) is 12.1 Å². The lowest BCUT2D eigenvalue weighted by Gasteiger charge is -2.31. The molecule has 0 N–H and O–H groups in total. The van der Waals surface area contributed by atoms with Gasteiger partial charge in [-0.1, -0.05) is 69.5 Å². The number of hydrogen-bond donors (Lipinski definition) is 0. The molecular weight excluding hydrogens is 429 g/mol. The molecule has 3 heteroatoms. The SMILES string of the molecule is CCCc1cc(F)c2c(c1)C(c1ccccc1C1CCC(CCC)CC1)c1ccc(F)c(F)c1-2. The van der Waals surface area contributed by atoms with E-state index in [9.17, 15) is 4.39 Å². The Kier molecular flexibility index (Phi) is 6.55. The second-order valence-corrected chi connectivity index (χ2v) is 10.2. The summed E-state index contributed by atoms with van der Waals surface area (Å²) >= 11 is 0. The zero-order valence-corrected chi connectivity index (χ0v) is 20.1. The van der Waals surface area contributed by atoms with Gasteiger partial charge in [0.05, 0.1) is 0 Å². The lowest BCUT2D eigenvalue weighted by molar-refractivity contribution is 0.307. The molecule has 178 valence electrons. The van der Waals surface area contributed by atoms with Crippen molar-refractivity contribution in [3.63, 3.8) is 0 Å². The molecule has 1 atom stereocenters. The molecule has 5 rings (SSSR count). The van der Waals surface area contributed by atoms with Crippen molar-refractivity contribution in [1.29, 1.82) is 0 Å². The van der Waals surface area contributed by atoms with Crippen LogP contribution in [-0.4, -0.2) is 0 Å². The van der Waals surface area contributed by atoms with Crippen LogP contribution in [0.15, 0.2) is 48.5 Å². The van der Waals surface area contributed by atoms with Crippen LogP contribution >= 0.6 is 0 Å². The molecule has 34 heavy (non-hydrogen) atoms. The van der Waals surface area contributed by atoms with Gasteiger partial charge >= 0.3 is 0 Å². The van der Waals surface area contributed by atoms with E-state index in [4.69, 9.17) is 0 Å². The first-order valence-electron chi connectivity index (χ1n) is 12.9. The average Bonchev–Trinajstić information content (AvgIpc) is 3.17. The van der Waals surface area contributed by atoms with E-state index < -0.39 is 17.5 Å². The van der Waals surface area contributed by atoms with Crippen molar-refractivity contribution in [1.82, 2.24) is 0 Å². The van der Waals surface area contributed by atoms with Crippen molar-refractivity contribution < 1.29 is 13.2 Å². The van der Waals surface area contributed by atoms with E-state index in [0.29, 0.717) is 11.5 Å². The second-order valence-electron chi connectivity index (χ2n) is 10.2. The van der Waals surface area contributed by atoms with Gasteiger partial charge in [0.15, 0.2) is 11.6 Å². The predicted molar refractivity (Wildman–Crippen MR) is 133 cm³/mol. The number of halogens is 3. The Morgan fingerprint density at radius 2 is 1.44 bits per heavy atom. The van der Waals surface area contributed by atoms with Crippen LogP contribution in [0.25, 0.3) is 11.1 Å². The molecule has 0 bridgehead atoms. The van der Waals surface area contributed by atoms with Crippen molar-refractivity contribution in [2.24, 2.45) is 5.92 Å². The summed E-state index contributed by atoms with van der Waals surface area (Å²) in [7, 11) is 0. The van der Waals surface area contributed by atoms with Gasteiger partial charge in [-0.2, -0.15) is 0 Å². The highest BCUT2D eigenvalue weighted by atomic mass is 19.2. The van der Waals surface area contributed by atoms with Crippen LogP contribution in [0.3, 0.4) is 0 Å². The van der Waals surface area contributed by atoms with E-state index in [0.717, 1.165) is 48.3 Å². The first-order chi connectivity index (χ1) is 16.5. The highest BCUT2D eigenvalue weighted by molar-refractivity contribution is 5.82. The summed E-state index contributed by atoms with van der Waals surface area (Å²) in [4.78, 5) is 0. The van der Waals surface area contributed by atoms with Gasteiger partial charge in [-0.05, 0) is 83.9 Å². The molecule has 2 aliphatic carbocycles. The summed E-state index contributed by atoms with van der Waals surface area (Å²) in [6.07, 6.45) is 8.95. The summed E-state index contributed by atoms with van der Waals surface area (Å²) in [5.74, 6) is -1.34. The minimum atomic E-state index is -0.944. The van der Waals surface area contributed by atoms with Gasteiger partial charge in [-0.25, -0.2) is 13.2 Å². The van der Waals surface area contributed by atoms with Crippen LogP contribution in [0, 0.1) is 23.4 Å². The summed E-state index contributed by atoms with van der Waals surface area (Å²) < 4.78 is 44.9. The lowest BCUT2D eigenvalue weighted by Crippen LogP contribution is -2.15. The topological polar surface area (TPSA) is 0 Å². The normalized spacial score (nSPS) is 21.4. The molecule has 0 radical (unpaired) electrons. The Morgan fingerprint density at radius 3 is 2.15 bits per heavy atom. The highest BCUT2D eigenvalue weighted by Gasteiger charge is 2.37. The molecule has 2 aliphatic rings. The van der Waals surface area contributed by atoms with E-state index in [-0.39, 0.29) is 17.0 Å². The first kappa shape index (κ1) is 23.2. The molecule has 1 unspecified atom stereocenters. The fourth-order valence-corrected chi connectivity index (χ4v) is 6.49. The first-order valence-corrected chi connectivity index (χ1v) is 12.9. The van der Waals surface area contributed by atoms with Crippen molar-refractivity contribution in [2.45, 2.75) is 77.0 Å². The predicted octanol–water partition coefficient (Wildman–Crippen LogP) is 9.29. The Morgan fingerprint density at radius 1 is 0.706 bits per heavy atom. The molecule has 3 aromatic carbocycles. The highest BCUT2D eigenvalue weighted by Crippen LogP contribution is 2.53. The smallest absolute Gasteiger partial charge is 0.167 e. The van der Waals surface area contributed by atoms with Gasteiger partial charge in [0, 0.05) is 17.0 Å². The molecular formula is C31H33F3. The number of benzene rings is 3. The minimum absolute atomic E-state index is 0.0991. The van der Waals surface area contributed by atoms with Crippen LogP contribution in [0.5, 0.6) is 0 Å². The van der Waals surface area contributed by atoms with Crippen LogP contribution < -0.4 is 0 Å². The van der Waals surface area contributed by atoms with Crippen LogP contribution in [0.4, 0.5) is 13.2 Å². The Bertz CT molecular complexity index is 1190. The molecule has 0 aromatic heterocycles. The number of hydrogen-bond acceptors (Lipinski definition) is 0. The van der Waals surface area contributed by atoms with E-state index in [2.05, 4.69) is 32.0 Å². The lowest BCUT2D eigenvalue weighted by atomic mass is 9.74. The van der Waals surface area contributed by atoms with Gasteiger partial charge in [-0.15, -0.1) is 0 Å². The molecule has 0 heterocycles. The molecule has 1 saturated carbocycles. The summed E-state index contributed by atoms with van der Waals surface area (Å²) in [6.45, 7) is 4.32. The van der Waals surface area contributed by atoms with Crippen molar-refractivity contribution in [3.05, 3.63) is 93.8 Å². The minimum Gasteiger partial charge on any atom is -0.206 e. The number of rotatable bonds is 6. The van der Waals surface area contributed by atoms with E-state index >= 15 is 8.78 Å². The fraction of sp³-hybridized carbons (Fsp3) is 0.419. The third-order valence-electron chi connectivity index (χ3n) is 8.01. The molecule has 0 saturated heterocycles. The Labute approximate surface area is 201 Å². The summed E-state index contributed by atoms with van der Waals surface area (Å²) in [5.41, 5.74) is 5.09. The fourth-order valence-electron chi connectivity index (χ4n) is 6.49. The van der Waals surface area contributed by atoms with Gasteiger partial charge in [0.25, 0.3) is 0 Å². The third kappa shape index (κ3) is 3.97. The summed E-state index contributed by atoms with van der Waals surface area (Å²) in [6, 6.07) is 14.8. The third-order valence-corrected chi connectivity index (χ3v) is 8.01. The Balaban J connectivity index is 1.64. The van der Waals surface area contributed by atoms with Crippen molar-refractivity contribution >= 4 is 0 Å². The van der Waals surface area contributed by atoms with Crippen molar-refractivity contribution in [2.75, 3.05) is 0 Å². The van der Waals surface area contributed by atoms with Gasteiger partial charge in [-0.3, -0.25) is 0 Å². The van der Waals surface area contributed by atoms with Crippen molar-refractivity contribution in [3.8, 4) is 11.1 Å². The van der Waals surface area contributed by atoms with Crippen LogP contribution in [0.2, 0.25) is 0 Å². The van der Waals surface area contributed by atoms with Crippen LogP contribution in [-0.2, 0) is 6.42 Å². The quantitative estimate of drug-likeness (QED) is 0.268. The van der Waals surface area contributed by atoms with Gasteiger partial charge in [0.1, 0.15) is 5.82 Å². The standard InChI is InChI=1S/C31H33F3/c1-3-7-19-11-13-21(14-12-19)22-9-5-6-10-23(22)28-24-15-16-26(32)31(34)30(24)29-25(28)17-20(8-4-2)18-27(29)33/h5-6,9-10,15-19,21,28H,3-4,7-8,11-14H2,1-2H3. The number of aryl methyl sites for hydroxylation is 1. The van der Waals surface area contributed by atoms with E-state index in [1.54, 1.807) is 6.07 Å². The second kappa shape index (κ2) is 9.60. The number of fused-ring (bicyclic) bond motifs is 3.